The summed E-state index contributed by atoms with van der Waals surface area (Å²) in [4.78, 5) is 0. The Bertz CT molecular complexity index is 778. The van der Waals surface area contributed by atoms with Gasteiger partial charge >= 0.3 is 0 Å². The van der Waals surface area contributed by atoms with Crippen molar-refractivity contribution in [3.8, 4) is 11.1 Å². The van der Waals surface area contributed by atoms with E-state index in [-0.39, 0.29) is 12.4 Å². The average Bonchev–Trinajstić information content (AvgIpc) is 2.96. The fourth-order valence-corrected chi connectivity index (χ4v) is 2.50. The molecule has 0 bridgehead atoms. The molecule has 0 radical (unpaired) electrons. The molecule has 2 aromatic carbocycles. The van der Waals surface area contributed by atoms with Gasteiger partial charge in [0.2, 0.25) is 0 Å². The molecule has 22 heavy (non-hydrogen) atoms. The van der Waals surface area contributed by atoms with Crippen LogP contribution in [-0.2, 0) is 13.2 Å². The van der Waals surface area contributed by atoms with Crippen molar-refractivity contribution in [3.63, 3.8) is 0 Å². The number of aliphatic hydroxyl groups excluding tert-OH is 1. The number of hydrogen-bond acceptors (Lipinski definition) is 2. The first-order chi connectivity index (χ1) is 10.7. The first-order valence-electron chi connectivity index (χ1n) is 7.13. The van der Waals surface area contributed by atoms with E-state index in [1.807, 2.05) is 37.4 Å². The van der Waals surface area contributed by atoms with E-state index in [0.29, 0.717) is 6.54 Å². The zero-order chi connectivity index (χ0) is 15.5. The van der Waals surface area contributed by atoms with Gasteiger partial charge in [-0.1, -0.05) is 30.3 Å². The zero-order valence-electron chi connectivity index (χ0n) is 12.3. The highest BCUT2D eigenvalue weighted by Crippen LogP contribution is 2.24. The third-order valence-corrected chi connectivity index (χ3v) is 3.67. The van der Waals surface area contributed by atoms with Crippen LogP contribution in [0.5, 0.6) is 0 Å². The quantitative estimate of drug-likeness (QED) is 0.799. The molecule has 1 heterocycles. The van der Waals surface area contributed by atoms with Gasteiger partial charge in [-0.15, -0.1) is 0 Å². The normalized spacial score (nSPS) is 10.9. The van der Waals surface area contributed by atoms with Crippen LogP contribution in [-0.4, -0.2) is 14.9 Å². The third kappa shape index (κ3) is 3.07. The SMILES string of the molecule is Cc1cc(F)ccc1-c1ccc(Cn2cc(CO)cn2)cc1. The van der Waals surface area contributed by atoms with Crippen molar-refractivity contribution in [3.05, 3.63) is 77.4 Å². The maximum atomic E-state index is 13.2. The van der Waals surface area contributed by atoms with Crippen LogP contribution in [0.25, 0.3) is 11.1 Å². The number of aryl methyl sites for hydroxylation is 1. The molecule has 0 unspecified atom stereocenters. The molecule has 0 saturated heterocycles. The Hall–Kier alpha value is -2.46. The Labute approximate surface area is 128 Å². The number of benzene rings is 2. The molecule has 112 valence electrons. The van der Waals surface area contributed by atoms with E-state index in [1.165, 1.54) is 6.07 Å². The minimum Gasteiger partial charge on any atom is -0.392 e. The molecule has 0 atom stereocenters. The van der Waals surface area contributed by atoms with Crippen molar-refractivity contribution in [2.75, 3.05) is 0 Å². The van der Waals surface area contributed by atoms with Gasteiger partial charge in [0.15, 0.2) is 0 Å². The second kappa shape index (κ2) is 6.12. The summed E-state index contributed by atoms with van der Waals surface area (Å²) in [5.41, 5.74) is 4.95. The van der Waals surface area contributed by atoms with Gasteiger partial charge in [-0.05, 0) is 41.3 Å². The number of rotatable bonds is 4. The molecule has 0 fully saturated rings. The van der Waals surface area contributed by atoms with Crippen LogP contribution in [0.1, 0.15) is 16.7 Å². The monoisotopic (exact) mass is 296 g/mol. The maximum absolute atomic E-state index is 13.2. The summed E-state index contributed by atoms with van der Waals surface area (Å²) in [7, 11) is 0. The lowest BCUT2D eigenvalue weighted by Crippen LogP contribution is -1.99. The Kier molecular flexibility index (Phi) is 4.02. The predicted molar refractivity (Wildman–Crippen MR) is 83.8 cm³/mol. The van der Waals surface area contributed by atoms with Crippen LogP contribution < -0.4 is 0 Å². The summed E-state index contributed by atoms with van der Waals surface area (Å²) < 4.78 is 15.0. The van der Waals surface area contributed by atoms with E-state index in [4.69, 9.17) is 5.11 Å². The van der Waals surface area contributed by atoms with Gasteiger partial charge in [0.1, 0.15) is 5.82 Å². The average molecular weight is 296 g/mol. The van der Waals surface area contributed by atoms with Gasteiger partial charge in [0, 0.05) is 11.8 Å². The van der Waals surface area contributed by atoms with Crippen LogP contribution in [0.15, 0.2) is 54.9 Å². The Morgan fingerprint density at radius 1 is 1.09 bits per heavy atom. The Morgan fingerprint density at radius 3 is 2.50 bits per heavy atom. The molecular weight excluding hydrogens is 279 g/mol. The van der Waals surface area contributed by atoms with E-state index in [2.05, 4.69) is 5.10 Å². The minimum absolute atomic E-state index is 0.00276. The minimum atomic E-state index is -0.212. The van der Waals surface area contributed by atoms with Gasteiger partial charge in [-0.25, -0.2) is 4.39 Å². The highest BCUT2D eigenvalue weighted by Gasteiger charge is 2.04. The van der Waals surface area contributed by atoms with Gasteiger partial charge in [0.25, 0.3) is 0 Å². The molecule has 3 aromatic rings. The zero-order valence-corrected chi connectivity index (χ0v) is 12.3. The highest BCUT2D eigenvalue weighted by atomic mass is 19.1. The largest absolute Gasteiger partial charge is 0.392 e. The summed E-state index contributed by atoms with van der Waals surface area (Å²) in [6, 6.07) is 13.0. The van der Waals surface area contributed by atoms with Crippen LogP contribution in [0.2, 0.25) is 0 Å². The van der Waals surface area contributed by atoms with Crippen LogP contribution in [0.3, 0.4) is 0 Å². The Morgan fingerprint density at radius 2 is 1.86 bits per heavy atom. The van der Waals surface area contributed by atoms with Crippen molar-refractivity contribution < 1.29 is 9.50 Å². The van der Waals surface area contributed by atoms with Gasteiger partial charge in [-0.2, -0.15) is 5.10 Å². The van der Waals surface area contributed by atoms with E-state index in [1.54, 1.807) is 23.0 Å². The molecule has 1 aromatic heterocycles. The number of hydrogen-bond donors (Lipinski definition) is 1. The van der Waals surface area contributed by atoms with E-state index in [9.17, 15) is 4.39 Å². The predicted octanol–water partition coefficient (Wildman–Crippen LogP) is 3.54. The van der Waals surface area contributed by atoms with Crippen LogP contribution >= 0.6 is 0 Å². The van der Waals surface area contributed by atoms with Crippen molar-refractivity contribution in [1.29, 1.82) is 0 Å². The molecule has 3 nitrogen and oxygen atoms in total. The number of aromatic nitrogens is 2. The summed E-state index contributed by atoms with van der Waals surface area (Å²) in [5, 5.41) is 13.2. The van der Waals surface area contributed by atoms with E-state index in [0.717, 1.165) is 27.8 Å². The lowest BCUT2D eigenvalue weighted by Gasteiger charge is -2.08. The standard InChI is InChI=1S/C18H17FN2O/c1-13-8-17(19)6-7-18(13)16-4-2-14(3-5-16)10-21-11-15(12-22)9-20-21/h2-9,11,22H,10,12H2,1H3. The summed E-state index contributed by atoms with van der Waals surface area (Å²) in [6.07, 6.45) is 3.49. The third-order valence-electron chi connectivity index (χ3n) is 3.67. The van der Waals surface area contributed by atoms with Crippen LogP contribution in [0, 0.1) is 12.7 Å². The fraction of sp³-hybridized carbons (Fsp3) is 0.167. The number of nitrogens with zero attached hydrogens (tertiary/aromatic N) is 2. The molecule has 0 saturated carbocycles. The molecular formula is C18H17FN2O. The second-order valence-corrected chi connectivity index (χ2v) is 5.36. The Balaban J connectivity index is 1.80. The van der Waals surface area contributed by atoms with E-state index < -0.39 is 0 Å². The second-order valence-electron chi connectivity index (χ2n) is 5.36. The smallest absolute Gasteiger partial charge is 0.123 e. The molecule has 4 heteroatoms. The summed E-state index contributed by atoms with van der Waals surface area (Å²) in [5.74, 6) is -0.212. The van der Waals surface area contributed by atoms with Crippen LogP contribution in [0.4, 0.5) is 4.39 Å². The summed E-state index contributed by atoms with van der Waals surface area (Å²) >= 11 is 0. The highest BCUT2D eigenvalue weighted by molar-refractivity contribution is 5.67. The van der Waals surface area contributed by atoms with E-state index >= 15 is 0 Å². The lowest BCUT2D eigenvalue weighted by molar-refractivity contribution is 0.281. The molecule has 0 spiro atoms. The first kappa shape index (κ1) is 14.5. The topological polar surface area (TPSA) is 38.0 Å². The maximum Gasteiger partial charge on any atom is 0.123 e. The number of halogens is 1. The fourth-order valence-electron chi connectivity index (χ4n) is 2.50. The lowest BCUT2D eigenvalue weighted by atomic mass is 9.99. The number of aliphatic hydroxyl groups is 1. The summed E-state index contributed by atoms with van der Waals surface area (Å²) in [6.45, 7) is 2.57. The van der Waals surface area contributed by atoms with Crippen molar-refractivity contribution in [2.45, 2.75) is 20.1 Å². The van der Waals surface area contributed by atoms with Gasteiger partial charge in [-0.3, -0.25) is 4.68 Å². The van der Waals surface area contributed by atoms with Gasteiger partial charge < -0.3 is 5.11 Å². The molecule has 1 N–H and O–H groups in total. The molecule has 0 aliphatic rings. The van der Waals surface area contributed by atoms with Crippen molar-refractivity contribution in [1.82, 2.24) is 9.78 Å². The molecule has 3 rings (SSSR count). The van der Waals surface area contributed by atoms with Crippen molar-refractivity contribution >= 4 is 0 Å². The first-order valence-corrected chi connectivity index (χ1v) is 7.13. The molecule has 0 amide bonds. The van der Waals surface area contributed by atoms with Gasteiger partial charge in [0.05, 0.1) is 19.3 Å². The molecule has 0 aliphatic carbocycles. The molecule has 0 aliphatic heterocycles. The van der Waals surface area contributed by atoms with Crippen molar-refractivity contribution in [2.24, 2.45) is 0 Å².